The van der Waals surface area contributed by atoms with Crippen LogP contribution in [0.1, 0.15) is 36.5 Å². The molecule has 0 saturated heterocycles. The molecule has 48 heavy (non-hydrogen) atoms. The molecule has 228 valence electrons. The van der Waals surface area contributed by atoms with Gasteiger partial charge in [0.05, 0.1) is 0 Å². The van der Waals surface area contributed by atoms with Gasteiger partial charge in [-0.25, -0.2) is 0 Å². The molecule has 0 radical (unpaired) electrons. The fourth-order valence-electron chi connectivity index (χ4n) is 8.38. The fraction of sp³-hybridized carbons (Fsp3) is 0.106. The van der Waals surface area contributed by atoms with Crippen molar-refractivity contribution in [2.24, 2.45) is 0 Å². The minimum atomic E-state index is 0.413. The molecule has 1 nitrogen and oxygen atoms in total. The monoisotopic (exact) mass is 613 g/mol. The van der Waals surface area contributed by atoms with Crippen molar-refractivity contribution < 1.29 is 0 Å². The summed E-state index contributed by atoms with van der Waals surface area (Å²) in [5.74, 6) is 0.413. The van der Waals surface area contributed by atoms with E-state index in [1.54, 1.807) is 0 Å². The third-order valence-electron chi connectivity index (χ3n) is 10.8. The normalized spacial score (nSPS) is 12.4. The van der Waals surface area contributed by atoms with Crippen molar-refractivity contribution in [1.82, 2.24) is 0 Å². The maximum atomic E-state index is 2.49. The third-order valence-corrected chi connectivity index (χ3v) is 10.8. The predicted molar refractivity (Wildman–Crippen MR) is 210 cm³/mol. The third kappa shape index (κ3) is 3.79. The van der Waals surface area contributed by atoms with Gasteiger partial charge in [-0.1, -0.05) is 110 Å². The molecule has 0 atom stereocenters. The van der Waals surface area contributed by atoms with Crippen molar-refractivity contribution in [2.45, 2.75) is 33.6 Å². The number of nitrogens with zero attached hydrogens (tertiary/aromatic N) is 1. The van der Waals surface area contributed by atoms with E-state index in [9.17, 15) is 0 Å². The highest BCUT2D eigenvalue weighted by molar-refractivity contribution is 6.41. The van der Waals surface area contributed by atoms with Gasteiger partial charge in [-0.15, -0.1) is 0 Å². The molecular formula is C47H35N. The standard InChI is InChI=1S/C47H35N/c1-27(2)30-22-42-39-24-33(48(31-16-12-28(3)13-17-31)32-18-14-29(4)15-19-32)20-21-36(39)45-25-40-38-11-7-10-37-34-8-5-6-9-35(34)44(46(37)38)26-41(40)43(23-30)47(42)45/h5-27H,1-4H3. The van der Waals surface area contributed by atoms with E-state index in [0.29, 0.717) is 5.92 Å². The number of hydrogen-bond donors (Lipinski definition) is 0. The van der Waals surface area contributed by atoms with Gasteiger partial charge in [0, 0.05) is 17.1 Å². The van der Waals surface area contributed by atoms with Crippen molar-refractivity contribution in [3.05, 3.63) is 150 Å². The largest absolute Gasteiger partial charge is 0.310 e. The molecule has 0 amide bonds. The van der Waals surface area contributed by atoms with Crippen molar-refractivity contribution in [3.8, 4) is 0 Å². The fourth-order valence-corrected chi connectivity index (χ4v) is 8.38. The molecule has 0 spiro atoms. The van der Waals surface area contributed by atoms with Gasteiger partial charge in [-0.05, 0) is 149 Å². The van der Waals surface area contributed by atoms with Crippen LogP contribution in [-0.4, -0.2) is 0 Å². The first kappa shape index (κ1) is 27.5. The number of benzene rings is 8. The van der Waals surface area contributed by atoms with E-state index >= 15 is 0 Å². The molecule has 0 saturated carbocycles. The molecule has 0 aliphatic carbocycles. The molecule has 0 N–H and O–H groups in total. The molecule has 0 aliphatic heterocycles. The Kier molecular flexibility index (Phi) is 5.67. The second kappa shape index (κ2) is 9.92. The van der Waals surface area contributed by atoms with Gasteiger partial charge in [-0.3, -0.25) is 0 Å². The van der Waals surface area contributed by atoms with Crippen LogP contribution < -0.4 is 4.90 Å². The molecule has 0 unspecified atom stereocenters. The molecule has 10 aromatic carbocycles. The smallest absolute Gasteiger partial charge is 0.0468 e. The first-order valence-electron chi connectivity index (χ1n) is 17.1. The van der Waals surface area contributed by atoms with E-state index in [2.05, 4.69) is 166 Å². The number of aryl methyl sites for hydroxylation is 2. The Morgan fingerprint density at radius 3 is 1.35 bits per heavy atom. The summed E-state index contributed by atoms with van der Waals surface area (Å²) in [7, 11) is 0. The Morgan fingerprint density at radius 2 is 0.771 bits per heavy atom. The van der Waals surface area contributed by atoms with E-state index in [1.807, 2.05) is 0 Å². The molecule has 10 rings (SSSR count). The second-order valence-electron chi connectivity index (χ2n) is 14.1. The lowest BCUT2D eigenvalue weighted by Crippen LogP contribution is -2.09. The molecule has 0 bridgehead atoms. The molecule has 10 aromatic rings. The summed E-state index contributed by atoms with van der Waals surface area (Å²) >= 11 is 0. The lowest BCUT2D eigenvalue weighted by Gasteiger charge is -2.26. The molecule has 0 aliphatic rings. The van der Waals surface area contributed by atoms with Gasteiger partial charge < -0.3 is 4.90 Å². The summed E-state index contributed by atoms with van der Waals surface area (Å²) in [5.41, 5.74) is 7.41. The van der Waals surface area contributed by atoms with Crippen molar-refractivity contribution >= 4 is 92.5 Å². The molecule has 0 fully saturated rings. The van der Waals surface area contributed by atoms with Gasteiger partial charge in [0.15, 0.2) is 0 Å². The second-order valence-corrected chi connectivity index (χ2v) is 14.1. The zero-order valence-corrected chi connectivity index (χ0v) is 27.7. The topological polar surface area (TPSA) is 3.24 Å². The zero-order valence-electron chi connectivity index (χ0n) is 27.7. The Bertz CT molecular complexity index is 2810. The van der Waals surface area contributed by atoms with Crippen LogP contribution in [0.15, 0.2) is 133 Å². The summed E-state index contributed by atoms with van der Waals surface area (Å²) in [6.07, 6.45) is 0. The Morgan fingerprint density at radius 1 is 0.354 bits per heavy atom. The van der Waals surface area contributed by atoms with Gasteiger partial charge in [0.1, 0.15) is 0 Å². The molecule has 0 heterocycles. The predicted octanol–water partition coefficient (Wildman–Crippen LogP) is 13.8. The van der Waals surface area contributed by atoms with Crippen molar-refractivity contribution in [3.63, 3.8) is 0 Å². The zero-order chi connectivity index (χ0) is 32.3. The first-order valence-corrected chi connectivity index (χ1v) is 17.1. The molecular weight excluding hydrogens is 579 g/mol. The minimum Gasteiger partial charge on any atom is -0.310 e. The van der Waals surface area contributed by atoms with Crippen molar-refractivity contribution in [1.29, 1.82) is 0 Å². The summed E-state index contributed by atoms with van der Waals surface area (Å²) in [5, 5.41) is 18.9. The van der Waals surface area contributed by atoms with Gasteiger partial charge in [0.25, 0.3) is 0 Å². The molecule has 1 heteroatoms. The van der Waals surface area contributed by atoms with E-state index in [-0.39, 0.29) is 0 Å². The Hall–Kier alpha value is -5.66. The van der Waals surface area contributed by atoms with Crippen LogP contribution >= 0.6 is 0 Å². The highest BCUT2D eigenvalue weighted by Gasteiger charge is 2.22. The Labute approximate surface area is 280 Å². The van der Waals surface area contributed by atoms with Crippen LogP contribution in [0, 0.1) is 13.8 Å². The maximum absolute atomic E-state index is 2.49. The number of hydrogen-bond acceptors (Lipinski definition) is 1. The maximum Gasteiger partial charge on any atom is 0.0468 e. The summed E-state index contributed by atoms with van der Waals surface area (Å²) in [6, 6.07) is 50.6. The number of anilines is 3. The summed E-state index contributed by atoms with van der Waals surface area (Å²) in [4.78, 5) is 2.40. The van der Waals surface area contributed by atoms with E-state index in [0.717, 1.165) is 11.4 Å². The quantitative estimate of drug-likeness (QED) is 0.179. The Balaban J connectivity index is 1.32. The van der Waals surface area contributed by atoms with E-state index in [1.165, 1.54) is 97.8 Å². The summed E-state index contributed by atoms with van der Waals surface area (Å²) in [6.45, 7) is 8.94. The SMILES string of the molecule is Cc1ccc(N(c2ccc(C)cc2)c2ccc3c(c2)c2cc(C(C)C)cc4c5cc6c7ccccc7c7cccc(c5cc3c24)c76)cc1. The highest BCUT2D eigenvalue weighted by atomic mass is 15.1. The van der Waals surface area contributed by atoms with Gasteiger partial charge >= 0.3 is 0 Å². The minimum absolute atomic E-state index is 0.413. The van der Waals surface area contributed by atoms with Crippen LogP contribution in [0.3, 0.4) is 0 Å². The first-order chi connectivity index (χ1) is 23.4. The van der Waals surface area contributed by atoms with Crippen LogP contribution in [0.2, 0.25) is 0 Å². The van der Waals surface area contributed by atoms with E-state index < -0.39 is 0 Å². The van der Waals surface area contributed by atoms with Gasteiger partial charge in [0.2, 0.25) is 0 Å². The van der Waals surface area contributed by atoms with E-state index in [4.69, 9.17) is 0 Å². The van der Waals surface area contributed by atoms with Crippen LogP contribution in [0.25, 0.3) is 75.4 Å². The summed E-state index contributed by atoms with van der Waals surface area (Å²) < 4.78 is 0. The van der Waals surface area contributed by atoms with Crippen LogP contribution in [-0.2, 0) is 0 Å². The average Bonchev–Trinajstić information content (AvgIpc) is 3.60. The van der Waals surface area contributed by atoms with Gasteiger partial charge in [-0.2, -0.15) is 0 Å². The highest BCUT2D eigenvalue weighted by Crippen LogP contribution is 2.49. The number of rotatable bonds is 4. The molecule has 0 aromatic heterocycles. The lowest BCUT2D eigenvalue weighted by atomic mass is 9.90. The lowest BCUT2D eigenvalue weighted by molar-refractivity contribution is 0.870. The van der Waals surface area contributed by atoms with Crippen molar-refractivity contribution in [2.75, 3.05) is 4.90 Å². The van der Waals surface area contributed by atoms with Crippen LogP contribution in [0.5, 0.6) is 0 Å². The van der Waals surface area contributed by atoms with Crippen LogP contribution in [0.4, 0.5) is 17.1 Å². The average molecular weight is 614 g/mol. The number of fused-ring (bicyclic) bond motifs is 9.